The molecule has 104 valence electrons. The van der Waals surface area contributed by atoms with Crippen molar-refractivity contribution in [1.29, 1.82) is 0 Å². The zero-order valence-electron chi connectivity index (χ0n) is 11.7. The SMILES string of the molecule is CCCCOCCCn1c(=S)[nH]c2c(C)cccc21. The standard InChI is InChI=1S/C15H22N2OS/c1-3-4-10-18-11-6-9-17-13-8-5-7-12(2)14(13)16-15(17)19/h5,7-8H,3-4,6,9-11H2,1-2H3,(H,16,19). The summed E-state index contributed by atoms with van der Waals surface area (Å²) >= 11 is 5.40. The van der Waals surface area contributed by atoms with E-state index in [9.17, 15) is 0 Å². The van der Waals surface area contributed by atoms with Crippen molar-refractivity contribution in [3.63, 3.8) is 0 Å². The lowest BCUT2D eigenvalue weighted by atomic mass is 10.2. The van der Waals surface area contributed by atoms with Crippen LogP contribution in [0.5, 0.6) is 0 Å². The smallest absolute Gasteiger partial charge is 0.178 e. The molecule has 0 aliphatic carbocycles. The van der Waals surface area contributed by atoms with Crippen LogP contribution in [0.25, 0.3) is 11.0 Å². The van der Waals surface area contributed by atoms with Crippen LogP contribution in [0.2, 0.25) is 0 Å². The second-order valence-electron chi connectivity index (χ2n) is 4.87. The highest BCUT2D eigenvalue weighted by Gasteiger charge is 2.05. The van der Waals surface area contributed by atoms with Gasteiger partial charge in [0.05, 0.1) is 11.0 Å². The van der Waals surface area contributed by atoms with Crippen LogP contribution >= 0.6 is 12.2 Å². The van der Waals surface area contributed by atoms with Crippen molar-refractivity contribution in [1.82, 2.24) is 9.55 Å². The molecule has 0 bridgehead atoms. The minimum absolute atomic E-state index is 0.804. The fourth-order valence-electron chi connectivity index (χ4n) is 2.22. The van der Waals surface area contributed by atoms with E-state index in [1.165, 1.54) is 17.5 Å². The van der Waals surface area contributed by atoms with Gasteiger partial charge in [0.25, 0.3) is 0 Å². The highest BCUT2D eigenvalue weighted by Crippen LogP contribution is 2.18. The summed E-state index contributed by atoms with van der Waals surface area (Å²) in [5.41, 5.74) is 3.58. The quantitative estimate of drug-likeness (QED) is 0.607. The molecule has 0 atom stereocenters. The minimum Gasteiger partial charge on any atom is -0.381 e. The Morgan fingerprint density at radius 1 is 1.26 bits per heavy atom. The number of ether oxygens (including phenoxy) is 1. The average molecular weight is 278 g/mol. The Kier molecular flexibility index (Phi) is 5.16. The topological polar surface area (TPSA) is 29.9 Å². The number of hydrogen-bond donors (Lipinski definition) is 1. The molecule has 1 N–H and O–H groups in total. The number of aryl methyl sites for hydroxylation is 2. The molecule has 0 amide bonds. The van der Waals surface area contributed by atoms with E-state index >= 15 is 0 Å². The number of aromatic amines is 1. The van der Waals surface area contributed by atoms with Gasteiger partial charge < -0.3 is 14.3 Å². The van der Waals surface area contributed by atoms with E-state index in [1.807, 2.05) is 0 Å². The third-order valence-electron chi connectivity index (χ3n) is 3.33. The van der Waals surface area contributed by atoms with Crippen LogP contribution in [0.3, 0.4) is 0 Å². The summed E-state index contributed by atoms with van der Waals surface area (Å²) in [7, 11) is 0. The Morgan fingerprint density at radius 3 is 2.84 bits per heavy atom. The number of hydrogen-bond acceptors (Lipinski definition) is 2. The van der Waals surface area contributed by atoms with Gasteiger partial charge in [-0.25, -0.2) is 0 Å². The van der Waals surface area contributed by atoms with Crippen LogP contribution in [0.1, 0.15) is 31.7 Å². The summed E-state index contributed by atoms with van der Waals surface area (Å²) in [5, 5.41) is 0. The molecule has 3 nitrogen and oxygen atoms in total. The summed E-state index contributed by atoms with van der Waals surface area (Å²) in [4.78, 5) is 3.29. The Bertz CT molecular complexity index is 585. The van der Waals surface area contributed by atoms with Gasteiger partial charge in [-0.15, -0.1) is 0 Å². The zero-order valence-corrected chi connectivity index (χ0v) is 12.6. The van der Waals surface area contributed by atoms with Crippen LogP contribution in [0.15, 0.2) is 18.2 Å². The van der Waals surface area contributed by atoms with Crippen molar-refractivity contribution < 1.29 is 4.74 Å². The van der Waals surface area contributed by atoms with Crippen molar-refractivity contribution in [2.24, 2.45) is 0 Å². The normalized spacial score (nSPS) is 11.3. The molecule has 0 spiro atoms. The molecular formula is C15H22N2OS. The lowest BCUT2D eigenvalue weighted by molar-refractivity contribution is 0.126. The molecular weight excluding hydrogens is 256 g/mol. The number of unbranched alkanes of at least 4 members (excludes halogenated alkanes) is 1. The second kappa shape index (κ2) is 6.87. The number of benzene rings is 1. The van der Waals surface area contributed by atoms with Crippen LogP contribution in [-0.2, 0) is 11.3 Å². The maximum absolute atomic E-state index is 5.59. The molecule has 0 radical (unpaired) electrons. The number of fused-ring (bicyclic) bond motifs is 1. The number of nitrogens with one attached hydrogen (secondary N) is 1. The van der Waals surface area contributed by atoms with Crippen LogP contribution in [0.4, 0.5) is 0 Å². The van der Waals surface area contributed by atoms with Crippen molar-refractivity contribution in [3.8, 4) is 0 Å². The molecule has 0 saturated carbocycles. The van der Waals surface area contributed by atoms with E-state index in [2.05, 4.69) is 41.6 Å². The molecule has 0 fully saturated rings. The largest absolute Gasteiger partial charge is 0.381 e. The van der Waals surface area contributed by atoms with Crippen molar-refractivity contribution in [3.05, 3.63) is 28.5 Å². The first-order valence-corrected chi connectivity index (χ1v) is 7.40. The second-order valence-corrected chi connectivity index (χ2v) is 5.26. The van der Waals surface area contributed by atoms with Gasteiger partial charge in [-0.3, -0.25) is 0 Å². The van der Waals surface area contributed by atoms with E-state index in [4.69, 9.17) is 17.0 Å². The Labute approximate surface area is 119 Å². The summed E-state index contributed by atoms with van der Waals surface area (Å²) in [6.07, 6.45) is 3.33. The van der Waals surface area contributed by atoms with Gasteiger partial charge in [0.15, 0.2) is 4.77 Å². The predicted octanol–water partition coefficient (Wildman–Crippen LogP) is 4.21. The number of para-hydroxylation sites is 1. The summed E-state index contributed by atoms with van der Waals surface area (Å²) in [6.45, 7) is 6.87. The maximum Gasteiger partial charge on any atom is 0.178 e. The molecule has 0 aliphatic rings. The van der Waals surface area contributed by atoms with E-state index < -0.39 is 0 Å². The fraction of sp³-hybridized carbons (Fsp3) is 0.533. The van der Waals surface area contributed by atoms with Crippen LogP contribution in [-0.4, -0.2) is 22.8 Å². The van der Waals surface area contributed by atoms with E-state index in [-0.39, 0.29) is 0 Å². The van der Waals surface area contributed by atoms with Gasteiger partial charge in [-0.1, -0.05) is 25.5 Å². The predicted molar refractivity (Wildman–Crippen MR) is 82.2 cm³/mol. The number of H-pyrrole nitrogens is 1. The zero-order chi connectivity index (χ0) is 13.7. The number of imidazole rings is 1. The first kappa shape index (κ1) is 14.3. The molecule has 19 heavy (non-hydrogen) atoms. The highest BCUT2D eigenvalue weighted by molar-refractivity contribution is 7.71. The summed E-state index contributed by atoms with van der Waals surface area (Å²) in [5.74, 6) is 0. The first-order valence-electron chi connectivity index (χ1n) is 7.00. The Balaban J connectivity index is 1.99. The van der Waals surface area contributed by atoms with Crippen molar-refractivity contribution >= 4 is 23.3 Å². The molecule has 1 heterocycles. The molecule has 1 aromatic heterocycles. The fourth-order valence-corrected chi connectivity index (χ4v) is 2.51. The van der Waals surface area contributed by atoms with Gasteiger partial charge in [0, 0.05) is 19.8 Å². The third kappa shape index (κ3) is 3.45. The minimum atomic E-state index is 0.804. The maximum atomic E-state index is 5.59. The molecule has 1 aromatic carbocycles. The van der Waals surface area contributed by atoms with E-state index in [1.54, 1.807) is 0 Å². The lowest BCUT2D eigenvalue weighted by Crippen LogP contribution is -2.03. The molecule has 0 aliphatic heterocycles. The van der Waals surface area contributed by atoms with Gasteiger partial charge in [-0.2, -0.15) is 0 Å². The van der Waals surface area contributed by atoms with E-state index in [0.29, 0.717) is 0 Å². The van der Waals surface area contributed by atoms with Gasteiger partial charge >= 0.3 is 0 Å². The van der Waals surface area contributed by atoms with Crippen LogP contribution in [0, 0.1) is 11.7 Å². The van der Waals surface area contributed by atoms with Crippen molar-refractivity contribution in [2.45, 2.75) is 39.7 Å². The highest BCUT2D eigenvalue weighted by atomic mass is 32.1. The number of rotatable bonds is 7. The number of aromatic nitrogens is 2. The number of nitrogens with zero attached hydrogens (tertiary/aromatic N) is 1. The molecule has 0 unspecified atom stereocenters. The summed E-state index contributed by atoms with van der Waals surface area (Å²) < 4.78 is 8.56. The molecule has 2 rings (SSSR count). The molecule has 2 aromatic rings. The first-order chi connectivity index (χ1) is 9.24. The monoisotopic (exact) mass is 278 g/mol. The van der Waals surface area contributed by atoms with Gasteiger partial charge in [-0.05, 0) is 43.6 Å². The lowest BCUT2D eigenvalue weighted by Gasteiger charge is -2.06. The molecule has 4 heteroatoms. The van der Waals surface area contributed by atoms with Crippen molar-refractivity contribution in [2.75, 3.05) is 13.2 Å². The molecule has 0 saturated heterocycles. The van der Waals surface area contributed by atoms with Gasteiger partial charge in [0.1, 0.15) is 0 Å². The summed E-state index contributed by atoms with van der Waals surface area (Å²) in [6, 6.07) is 6.30. The Morgan fingerprint density at radius 2 is 2.05 bits per heavy atom. The van der Waals surface area contributed by atoms with Crippen LogP contribution < -0.4 is 0 Å². The van der Waals surface area contributed by atoms with E-state index in [0.717, 1.165) is 42.9 Å². The van der Waals surface area contributed by atoms with Gasteiger partial charge in [0.2, 0.25) is 0 Å². The Hall–Kier alpha value is -1.13. The third-order valence-corrected chi connectivity index (χ3v) is 3.65. The average Bonchev–Trinajstić information content (AvgIpc) is 2.72.